The summed E-state index contributed by atoms with van der Waals surface area (Å²) in [5.74, 6) is -0.300. The molecule has 6 heteroatoms. The second-order valence-electron chi connectivity index (χ2n) is 5.42. The van der Waals surface area contributed by atoms with Crippen molar-refractivity contribution < 1.29 is 14.3 Å². The molecule has 0 N–H and O–H groups in total. The van der Waals surface area contributed by atoms with E-state index in [1.54, 1.807) is 4.68 Å². The van der Waals surface area contributed by atoms with E-state index in [1.807, 2.05) is 24.8 Å². The highest BCUT2D eigenvalue weighted by atomic mass is 16.5. The highest BCUT2D eigenvalue weighted by Crippen LogP contribution is 2.22. The van der Waals surface area contributed by atoms with Crippen molar-refractivity contribution in [1.29, 1.82) is 0 Å². The highest BCUT2D eigenvalue weighted by molar-refractivity contribution is 5.93. The molecule has 1 aromatic rings. The normalized spacial score (nSPS) is 18.6. The van der Waals surface area contributed by atoms with Crippen LogP contribution in [0.3, 0.4) is 0 Å². The number of nitrogens with zero attached hydrogens (tertiary/aromatic N) is 3. The zero-order valence-electron chi connectivity index (χ0n) is 13.0. The van der Waals surface area contributed by atoms with Crippen LogP contribution in [0.1, 0.15) is 48.8 Å². The maximum absolute atomic E-state index is 12.8. The van der Waals surface area contributed by atoms with Gasteiger partial charge in [-0.15, -0.1) is 0 Å². The maximum atomic E-state index is 12.8. The summed E-state index contributed by atoms with van der Waals surface area (Å²) < 4.78 is 6.46. The van der Waals surface area contributed by atoms with E-state index in [0.29, 0.717) is 18.8 Å². The number of aryl methyl sites for hydroxylation is 2. The van der Waals surface area contributed by atoms with Crippen LogP contribution >= 0.6 is 0 Å². The molecule has 1 aliphatic rings. The summed E-state index contributed by atoms with van der Waals surface area (Å²) in [4.78, 5) is 26.1. The number of ether oxygens (including phenoxy) is 1. The number of hydrogen-bond acceptors (Lipinski definition) is 4. The van der Waals surface area contributed by atoms with Crippen LogP contribution in [0.15, 0.2) is 6.07 Å². The van der Waals surface area contributed by atoms with Crippen LogP contribution in [0, 0.1) is 6.92 Å². The van der Waals surface area contributed by atoms with Crippen LogP contribution in [0.4, 0.5) is 0 Å². The Hall–Kier alpha value is -1.85. The number of esters is 1. The van der Waals surface area contributed by atoms with Gasteiger partial charge < -0.3 is 9.64 Å². The zero-order valence-corrected chi connectivity index (χ0v) is 13.0. The molecule has 21 heavy (non-hydrogen) atoms. The van der Waals surface area contributed by atoms with Crippen LogP contribution in [-0.2, 0) is 16.1 Å². The molecular formula is C15H23N3O3. The van der Waals surface area contributed by atoms with Gasteiger partial charge in [0.25, 0.3) is 5.91 Å². The van der Waals surface area contributed by atoms with Gasteiger partial charge in [-0.3, -0.25) is 14.3 Å². The molecule has 6 nitrogen and oxygen atoms in total. The molecule has 2 rings (SSSR count). The Kier molecular flexibility index (Phi) is 4.98. The molecule has 1 unspecified atom stereocenters. The number of hydrogen-bond donors (Lipinski definition) is 0. The fraction of sp³-hybridized carbons (Fsp3) is 0.667. The average molecular weight is 293 g/mol. The van der Waals surface area contributed by atoms with Crippen molar-refractivity contribution in [3.8, 4) is 0 Å². The van der Waals surface area contributed by atoms with Crippen molar-refractivity contribution in [1.82, 2.24) is 14.7 Å². The molecule has 1 saturated heterocycles. The van der Waals surface area contributed by atoms with Crippen molar-refractivity contribution in [3.63, 3.8) is 0 Å². The lowest BCUT2D eigenvalue weighted by Crippen LogP contribution is -2.45. The molecule has 0 aliphatic carbocycles. The van der Waals surface area contributed by atoms with E-state index >= 15 is 0 Å². The van der Waals surface area contributed by atoms with E-state index in [1.165, 1.54) is 7.11 Å². The molecule has 0 aromatic carbocycles. The molecule has 0 radical (unpaired) electrons. The van der Waals surface area contributed by atoms with Gasteiger partial charge in [-0.25, -0.2) is 0 Å². The Morgan fingerprint density at radius 3 is 2.86 bits per heavy atom. The van der Waals surface area contributed by atoms with Crippen LogP contribution < -0.4 is 0 Å². The monoisotopic (exact) mass is 293 g/mol. The summed E-state index contributed by atoms with van der Waals surface area (Å²) in [6.07, 6.45) is 3.13. The molecule has 116 valence electrons. The predicted molar refractivity (Wildman–Crippen MR) is 77.9 cm³/mol. The summed E-state index contributed by atoms with van der Waals surface area (Å²) >= 11 is 0. The van der Waals surface area contributed by atoms with Crippen LogP contribution in [-0.4, -0.2) is 46.3 Å². The van der Waals surface area contributed by atoms with Gasteiger partial charge >= 0.3 is 5.97 Å². The van der Waals surface area contributed by atoms with Gasteiger partial charge in [0, 0.05) is 19.1 Å². The third-order valence-corrected chi connectivity index (χ3v) is 3.94. The maximum Gasteiger partial charge on any atom is 0.307 e. The van der Waals surface area contributed by atoms with Gasteiger partial charge in [-0.05, 0) is 39.2 Å². The van der Waals surface area contributed by atoms with Gasteiger partial charge in [-0.1, -0.05) is 0 Å². The predicted octanol–water partition coefficient (Wildman–Crippen LogP) is 1.77. The Morgan fingerprint density at radius 1 is 1.43 bits per heavy atom. The number of carbonyl (C=O) groups excluding carboxylic acids is 2. The molecule has 0 spiro atoms. The Bertz CT molecular complexity index is 524. The molecule has 2 heterocycles. The largest absolute Gasteiger partial charge is 0.469 e. The summed E-state index contributed by atoms with van der Waals surface area (Å²) in [7, 11) is 1.38. The summed E-state index contributed by atoms with van der Waals surface area (Å²) in [5, 5.41) is 4.32. The van der Waals surface area contributed by atoms with Crippen molar-refractivity contribution in [3.05, 3.63) is 17.5 Å². The molecule has 0 saturated carbocycles. The van der Waals surface area contributed by atoms with E-state index < -0.39 is 0 Å². The molecule has 0 bridgehead atoms. The average Bonchev–Trinajstić information content (AvgIpc) is 2.88. The quantitative estimate of drug-likeness (QED) is 0.794. The lowest BCUT2D eigenvalue weighted by molar-refractivity contribution is -0.142. The lowest BCUT2D eigenvalue weighted by atomic mass is 9.99. The van der Waals surface area contributed by atoms with Crippen LogP contribution in [0.5, 0.6) is 0 Å². The molecular weight excluding hydrogens is 270 g/mol. The first-order chi connectivity index (χ1) is 10.1. The fourth-order valence-electron chi connectivity index (χ4n) is 2.86. The lowest BCUT2D eigenvalue weighted by Gasteiger charge is -2.35. The number of rotatable bonds is 4. The number of piperidine rings is 1. The first-order valence-corrected chi connectivity index (χ1v) is 7.49. The van der Waals surface area contributed by atoms with Crippen LogP contribution in [0.25, 0.3) is 0 Å². The standard InChI is InChI=1S/C15H23N3O3/c1-4-18-13(9-11(2)16-18)15(20)17-8-6-5-7-12(17)10-14(19)21-3/h9,12H,4-8,10H2,1-3H3. The Labute approximate surface area is 125 Å². The summed E-state index contributed by atoms with van der Waals surface area (Å²) in [6.45, 7) is 5.19. The molecule has 1 aliphatic heterocycles. The number of likely N-dealkylation sites (tertiary alicyclic amines) is 1. The van der Waals surface area contributed by atoms with E-state index in [2.05, 4.69) is 5.10 Å². The summed E-state index contributed by atoms with van der Waals surface area (Å²) in [6, 6.07) is 1.74. The molecule has 1 fully saturated rings. The Morgan fingerprint density at radius 2 is 2.19 bits per heavy atom. The summed E-state index contributed by atoms with van der Waals surface area (Å²) in [5.41, 5.74) is 1.44. The van der Waals surface area contributed by atoms with Crippen LogP contribution in [0.2, 0.25) is 0 Å². The van der Waals surface area contributed by atoms with Crippen molar-refractivity contribution in [2.24, 2.45) is 0 Å². The SMILES string of the molecule is CCn1nc(C)cc1C(=O)N1CCCCC1CC(=O)OC. The van der Waals surface area contributed by atoms with E-state index in [9.17, 15) is 9.59 Å². The molecule has 1 amide bonds. The first kappa shape index (κ1) is 15.5. The Balaban J connectivity index is 2.19. The van der Waals surface area contributed by atoms with Gasteiger partial charge in [0.15, 0.2) is 0 Å². The number of methoxy groups -OCH3 is 1. The smallest absolute Gasteiger partial charge is 0.307 e. The van der Waals surface area contributed by atoms with Gasteiger partial charge in [-0.2, -0.15) is 5.10 Å². The van der Waals surface area contributed by atoms with E-state index in [-0.39, 0.29) is 24.3 Å². The zero-order chi connectivity index (χ0) is 15.4. The van der Waals surface area contributed by atoms with Gasteiger partial charge in [0.1, 0.15) is 5.69 Å². The third kappa shape index (κ3) is 3.43. The number of aromatic nitrogens is 2. The third-order valence-electron chi connectivity index (χ3n) is 3.94. The highest BCUT2D eigenvalue weighted by Gasteiger charge is 2.31. The van der Waals surface area contributed by atoms with Gasteiger partial charge in [0.05, 0.1) is 19.2 Å². The minimum Gasteiger partial charge on any atom is -0.469 e. The molecule has 1 aromatic heterocycles. The second-order valence-corrected chi connectivity index (χ2v) is 5.42. The second kappa shape index (κ2) is 6.74. The van der Waals surface area contributed by atoms with E-state index in [4.69, 9.17) is 4.74 Å². The van der Waals surface area contributed by atoms with Crippen molar-refractivity contribution in [2.45, 2.75) is 52.1 Å². The van der Waals surface area contributed by atoms with Gasteiger partial charge in [0.2, 0.25) is 0 Å². The number of carbonyl (C=O) groups is 2. The van der Waals surface area contributed by atoms with Crippen molar-refractivity contribution in [2.75, 3.05) is 13.7 Å². The van der Waals surface area contributed by atoms with Crippen molar-refractivity contribution >= 4 is 11.9 Å². The first-order valence-electron chi connectivity index (χ1n) is 7.49. The minimum absolute atomic E-state index is 0.0361. The minimum atomic E-state index is -0.264. The van der Waals surface area contributed by atoms with E-state index in [0.717, 1.165) is 25.0 Å². The molecule has 1 atom stereocenters. The number of amides is 1. The topological polar surface area (TPSA) is 64.4 Å². The fourth-order valence-corrected chi connectivity index (χ4v) is 2.86.